The van der Waals surface area contributed by atoms with Crippen LogP contribution in [0.5, 0.6) is 5.75 Å². The van der Waals surface area contributed by atoms with Crippen molar-refractivity contribution in [2.24, 2.45) is 0 Å². The minimum absolute atomic E-state index is 0.0893. The third-order valence-electron chi connectivity index (χ3n) is 7.48. The molecule has 0 fully saturated rings. The average molecular weight is 700 g/mol. The molecule has 1 atom stereocenters. The van der Waals surface area contributed by atoms with E-state index in [1.165, 1.54) is 68.4 Å². The Labute approximate surface area is 282 Å². The highest BCUT2D eigenvalue weighted by molar-refractivity contribution is 7.92. The standard InChI is InChI=1S/C33H32Cl2N4O7S/c1-22-9-16-28(19-30(22)39(42)43)47(44,45)38(26-12-14-27(46-3)15-13-26)21-32(40)37(20-24-10-11-25(34)18-29(24)35)31(33(41)36-2)17-23-7-5-4-6-8-23/h4-16,18-19,31H,17,20-21H2,1-3H3,(H,36,41)/t31-/m1/s1. The number of anilines is 1. The van der Waals surface area contributed by atoms with E-state index in [2.05, 4.69) is 5.32 Å². The van der Waals surface area contributed by atoms with E-state index in [4.69, 9.17) is 27.9 Å². The molecule has 0 spiro atoms. The maximum Gasteiger partial charge on any atom is 0.273 e. The topological polar surface area (TPSA) is 139 Å². The van der Waals surface area contributed by atoms with Gasteiger partial charge in [-0.25, -0.2) is 8.42 Å². The van der Waals surface area contributed by atoms with Crippen molar-refractivity contribution in [3.05, 3.63) is 128 Å². The molecule has 0 aliphatic heterocycles. The number of carbonyl (C=O) groups is 2. The molecule has 0 heterocycles. The summed E-state index contributed by atoms with van der Waals surface area (Å²) in [5.41, 5.74) is 1.19. The molecule has 2 amide bonds. The number of sulfonamides is 1. The maximum atomic E-state index is 14.4. The lowest BCUT2D eigenvalue weighted by atomic mass is 10.0. The molecule has 4 rings (SSSR count). The van der Waals surface area contributed by atoms with Crippen LogP contribution >= 0.6 is 23.2 Å². The summed E-state index contributed by atoms with van der Waals surface area (Å²) in [6.07, 6.45) is 0.108. The van der Waals surface area contributed by atoms with E-state index < -0.39 is 49.9 Å². The minimum atomic E-state index is -4.58. The second kappa shape index (κ2) is 15.3. The largest absolute Gasteiger partial charge is 0.497 e. The van der Waals surface area contributed by atoms with Crippen LogP contribution in [0.4, 0.5) is 11.4 Å². The van der Waals surface area contributed by atoms with Gasteiger partial charge in [-0.15, -0.1) is 0 Å². The molecule has 11 nitrogen and oxygen atoms in total. The Morgan fingerprint density at radius 1 is 0.979 bits per heavy atom. The molecule has 14 heteroatoms. The maximum absolute atomic E-state index is 14.4. The SMILES string of the molecule is CNC(=O)[C@@H](Cc1ccccc1)N(Cc1ccc(Cl)cc1Cl)C(=O)CN(c1ccc(OC)cc1)S(=O)(=O)c1ccc(C)c([N+](=O)[O-])c1. The molecule has 0 aliphatic rings. The number of nitro benzene ring substituents is 1. The summed E-state index contributed by atoms with van der Waals surface area (Å²) in [6.45, 7) is 0.570. The Balaban J connectivity index is 1.84. The first-order valence-electron chi connectivity index (χ1n) is 14.3. The van der Waals surface area contributed by atoms with Crippen LogP contribution in [0.3, 0.4) is 0 Å². The van der Waals surface area contributed by atoms with Gasteiger partial charge in [-0.2, -0.15) is 0 Å². The number of halogens is 2. The Hall–Kier alpha value is -4.65. The van der Waals surface area contributed by atoms with E-state index in [0.717, 1.165) is 15.9 Å². The van der Waals surface area contributed by atoms with Crippen LogP contribution in [0.1, 0.15) is 16.7 Å². The van der Waals surface area contributed by atoms with Gasteiger partial charge in [-0.05, 0) is 60.5 Å². The van der Waals surface area contributed by atoms with Crippen LogP contribution in [-0.2, 0) is 32.6 Å². The smallest absolute Gasteiger partial charge is 0.273 e. The monoisotopic (exact) mass is 698 g/mol. The molecule has 0 saturated heterocycles. The zero-order valence-electron chi connectivity index (χ0n) is 25.7. The van der Waals surface area contributed by atoms with Gasteiger partial charge in [0.1, 0.15) is 18.3 Å². The number of hydrogen-bond donors (Lipinski definition) is 1. The van der Waals surface area contributed by atoms with Crippen molar-refractivity contribution < 1.29 is 27.7 Å². The first kappa shape index (κ1) is 35.2. The molecule has 0 saturated carbocycles. The van der Waals surface area contributed by atoms with Crippen LogP contribution in [0, 0.1) is 17.0 Å². The molecular formula is C33H32Cl2N4O7S. The summed E-state index contributed by atoms with van der Waals surface area (Å²) in [7, 11) is -1.69. The number of aryl methyl sites for hydroxylation is 1. The van der Waals surface area contributed by atoms with Crippen LogP contribution < -0.4 is 14.4 Å². The number of likely N-dealkylation sites (N-methyl/N-ethyl adjacent to an activating group) is 1. The molecule has 4 aromatic rings. The summed E-state index contributed by atoms with van der Waals surface area (Å²) in [6, 6.07) is 22.2. The van der Waals surface area contributed by atoms with Gasteiger partial charge in [0.25, 0.3) is 15.7 Å². The lowest BCUT2D eigenvalue weighted by Gasteiger charge is -2.33. The fraction of sp³-hybridized carbons (Fsp3) is 0.212. The number of methoxy groups -OCH3 is 1. The molecule has 0 aromatic heterocycles. The molecule has 0 bridgehead atoms. The van der Waals surface area contributed by atoms with Crippen molar-refractivity contribution in [2.45, 2.75) is 30.8 Å². The van der Waals surface area contributed by atoms with Crippen molar-refractivity contribution >= 4 is 56.4 Å². The fourth-order valence-electron chi connectivity index (χ4n) is 4.90. The predicted molar refractivity (Wildman–Crippen MR) is 180 cm³/mol. The summed E-state index contributed by atoms with van der Waals surface area (Å²) >= 11 is 12.6. The van der Waals surface area contributed by atoms with Crippen molar-refractivity contribution in [1.82, 2.24) is 10.2 Å². The number of amides is 2. The lowest BCUT2D eigenvalue weighted by molar-refractivity contribution is -0.385. The second-order valence-corrected chi connectivity index (χ2v) is 13.2. The summed E-state index contributed by atoms with van der Waals surface area (Å²) < 4.78 is 34.5. The number of hydrogen-bond acceptors (Lipinski definition) is 7. The van der Waals surface area contributed by atoms with E-state index in [1.807, 2.05) is 18.2 Å². The molecule has 246 valence electrons. The van der Waals surface area contributed by atoms with E-state index in [-0.39, 0.29) is 29.2 Å². The minimum Gasteiger partial charge on any atom is -0.497 e. The van der Waals surface area contributed by atoms with E-state index in [1.54, 1.807) is 24.3 Å². The van der Waals surface area contributed by atoms with Gasteiger partial charge in [0, 0.05) is 41.7 Å². The van der Waals surface area contributed by atoms with Crippen LogP contribution in [0.15, 0.2) is 95.9 Å². The number of nitrogens with one attached hydrogen (secondary N) is 1. The molecule has 1 N–H and O–H groups in total. The number of nitrogens with zero attached hydrogens (tertiary/aromatic N) is 3. The Morgan fingerprint density at radius 3 is 2.26 bits per heavy atom. The Bertz CT molecular complexity index is 1870. The van der Waals surface area contributed by atoms with Crippen LogP contribution in [0.25, 0.3) is 0 Å². The molecule has 0 radical (unpaired) electrons. The van der Waals surface area contributed by atoms with E-state index in [9.17, 15) is 28.1 Å². The highest BCUT2D eigenvalue weighted by Crippen LogP contribution is 2.30. The zero-order valence-corrected chi connectivity index (χ0v) is 28.1. The van der Waals surface area contributed by atoms with Gasteiger partial charge in [0.2, 0.25) is 11.8 Å². The lowest BCUT2D eigenvalue weighted by Crippen LogP contribution is -2.53. The average Bonchev–Trinajstić information content (AvgIpc) is 3.06. The van der Waals surface area contributed by atoms with Crippen molar-refractivity contribution in [3.8, 4) is 5.75 Å². The highest BCUT2D eigenvalue weighted by Gasteiger charge is 2.35. The third kappa shape index (κ3) is 8.39. The number of ether oxygens (including phenoxy) is 1. The van der Waals surface area contributed by atoms with Crippen molar-refractivity contribution in [2.75, 3.05) is 25.0 Å². The van der Waals surface area contributed by atoms with Gasteiger partial charge >= 0.3 is 0 Å². The molecule has 0 aliphatic carbocycles. The summed E-state index contributed by atoms with van der Waals surface area (Å²) in [4.78, 5) is 39.7. The van der Waals surface area contributed by atoms with Gasteiger partial charge in [0.05, 0.1) is 22.6 Å². The second-order valence-electron chi connectivity index (χ2n) is 10.5. The normalized spacial score (nSPS) is 11.8. The predicted octanol–water partition coefficient (Wildman–Crippen LogP) is 5.80. The Morgan fingerprint density at radius 2 is 1.66 bits per heavy atom. The Kier molecular flexibility index (Phi) is 11.5. The van der Waals surface area contributed by atoms with E-state index >= 15 is 0 Å². The van der Waals surface area contributed by atoms with E-state index in [0.29, 0.717) is 16.3 Å². The first-order chi connectivity index (χ1) is 22.3. The first-order valence-corrected chi connectivity index (χ1v) is 16.5. The van der Waals surface area contributed by atoms with Gasteiger partial charge in [-0.3, -0.25) is 24.0 Å². The number of nitro groups is 1. The summed E-state index contributed by atoms with van der Waals surface area (Å²) in [5, 5.41) is 14.9. The van der Waals surface area contributed by atoms with Crippen molar-refractivity contribution in [3.63, 3.8) is 0 Å². The number of rotatable bonds is 13. The van der Waals surface area contributed by atoms with Crippen molar-refractivity contribution in [1.29, 1.82) is 0 Å². The number of carbonyl (C=O) groups excluding carboxylic acids is 2. The summed E-state index contributed by atoms with van der Waals surface area (Å²) in [5.74, 6) is -0.785. The van der Waals surface area contributed by atoms with Gasteiger partial charge < -0.3 is 15.0 Å². The fourth-order valence-corrected chi connectivity index (χ4v) is 6.81. The third-order valence-corrected chi connectivity index (χ3v) is 9.83. The van der Waals surface area contributed by atoms with Crippen LogP contribution in [0.2, 0.25) is 10.0 Å². The number of benzene rings is 4. The quantitative estimate of drug-likeness (QED) is 0.138. The van der Waals surface area contributed by atoms with Gasteiger partial charge in [-0.1, -0.05) is 65.7 Å². The van der Waals surface area contributed by atoms with Gasteiger partial charge in [0.15, 0.2) is 0 Å². The zero-order chi connectivity index (χ0) is 34.3. The molecule has 47 heavy (non-hydrogen) atoms. The molecule has 0 unspecified atom stereocenters. The molecular weight excluding hydrogens is 667 g/mol. The molecule has 4 aromatic carbocycles. The van der Waals surface area contributed by atoms with Crippen LogP contribution in [-0.4, -0.2) is 56.8 Å². The highest BCUT2D eigenvalue weighted by atomic mass is 35.5.